The molecule has 11 heteroatoms. The first-order valence-electron chi connectivity index (χ1n) is 8.68. The summed E-state index contributed by atoms with van der Waals surface area (Å²) in [4.78, 5) is 12.7. The molecule has 28 heavy (non-hydrogen) atoms. The van der Waals surface area contributed by atoms with Crippen molar-refractivity contribution in [3.05, 3.63) is 42.2 Å². The Kier molecular flexibility index (Phi) is 4.47. The summed E-state index contributed by atoms with van der Waals surface area (Å²) < 4.78 is 29.4. The third-order valence-electron chi connectivity index (χ3n) is 4.56. The number of hydrogen-bond acceptors (Lipinski definition) is 6. The van der Waals surface area contributed by atoms with Crippen LogP contribution in [0, 0.1) is 0 Å². The molecule has 0 aliphatic heterocycles. The van der Waals surface area contributed by atoms with Crippen molar-refractivity contribution in [1.82, 2.24) is 29.5 Å². The summed E-state index contributed by atoms with van der Waals surface area (Å²) in [7, 11) is -0.688. The smallest absolute Gasteiger partial charge is 0.272 e. The number of nitrogens with one attached hydrogen (secondary N) is 2. The number of hydrogen-bond donors (Lipinski definition) is 2. The van der Waals surface area contributed by atoms with Crippen molar-refractivity contribution in [2.24, 2.45) is 7.05 Å². The van der Waals surface area contributed by atoms with Crippen molar-refractivity contribution >= 4 is 21.6 Å². The summed E-state index contributed by atoms with van der Waals surface area (Å²) in [5.74, 6) is 0.235. The zero-order chi connectivity index (χ0) is 19.9. The molecule has 1 aliphatic carbocycles. The molecular formula is C17H19N7O3S. The first-order chi connectivity index (χ1) is 13.4. The number of rotatable bonds is 6. The van der Waals surface area contributed by atoms with E-state index in [-0.39, 0.29) is 10.6 Å². The van der Waals surface area contributed by atoms with E-state index in [1.54, 1.807) is 29.9 Å². The number of tetrazole rings is 1. The second-order valence-electron chi connectivity index (χ2n) is 6.59. The second-order valence-corrected chi connectivity index (χ2v) is 8.48. The van der Waals surface area contributed by atoms with E-state index in [0.717, 1.165) is 18.4 Å². The molecule has 1 amide bonds. The number of anilines is 1. The molecule has 146 valence electrons. The van der Waals surface area contributed by atoms with Crippen molar-refractivity contribution in [3.63, 3.8) is 0 Å². The molecule has 0 bridgehead atoms. The number of carbonyl (C=O) groups excluding carboxylic acids is 1. The monoisotopic (exact) mass is 401 g/mol. The van der Waals surface area contributed by atoms with Crippen LogP contribution < -0.4 is 10.0 Å². The van der Waals surface area contributed by atoms with Crippen molar-refractivity contribution in [1.29, 1.82) is 0 Å². The van der Waals surface area contributed by atoms with Gasteiger partial charge in [-0.2, -0.15) is 0 Å². The van der Waals surface area contributed by atoms with Crippen LogP contribution in [0.3, 0.4) is 0 Å². The molecule has 1 aromatic carbocycles. The number of benzene rings is 1. The molecule has 0 spiro atoms. The van der Waals surface area contributed by atoms with Crippen LogP contribution in [0.2, 0.25) is 0 Å². The number of aromatic nitrogens is 5. The number of nitrogens with zero attached hydrogens (tertiary/aromatic N) is 5. The van der Waals surface area contributed by atoms with Gasteiger partial charge in [-0.1, -0.05) is 12.1 Å². The maximum Gasteiger partial charge on any atom is 0.272 e. The number of amides is 1. The van der Waals surface area contributed by atoms with Crippen LogP contribution in [-0.2, 0) is 17.1 Å². The van der Waals surface area contributed by atoms with Crippen molar-refractivity contribution in [3.8, 4) is 11.4 Å². The van der Waals surface area contributed by atoms with Crippen LogP contribution in [0.4, 0.5) is 5.69 Å². The predicted molar refractivity (Wildman–Crippen MR) is 101 cm³/mol. The quantitative estimate of drug-likeness (QED) is 0.639. The zero-order valence-corrected chi connectivity index (χ0v) is 16.1. The lowest BCUT2D eigenvalue weighted by molar-refractivity contribution is 0.101. The third kappa shape index (κ3) is 3.41. The van der Waals surface area contributed by atoms with E-state index in [1.165, 1.54) is 23.9 Å². The molecule has 3 aromatic rings. The van der Waals surface area contributed by atoms with Gasteiger partial charge in [0.2, 0.25) is 10.0 Å². The Bertz CT molecular complexity index is 1150. The highest BCUT2D eigenvalue weighted by Crippen LogP contribution is 2.36. The van der Waals surface area contributed by atoms with Gasteiger partial charge in [0.15, 0.2) is 5.82 Å². The summed E-state index contributed by atoms with van der Waals surface area (Å²) in [6, 6.07) is 8.88. The lowest BCUT2D eigenvalue weighted by Gasteiger charge is -2.08. The van der Waals surface area contributed by atoms with Crippen LogP contribution in [-0.4, -0.2) is 46.1 Å². The molecule has 0 unspecified atom stereocenters. The molecule has 2 aromatic heterocycles. The van der Waals surface area contributed by atoms with Gasteiger partial charge in [-0.15, -0.1) is 5.10 Å². The number of carbonyl (C=O) groups is 1. The standard InChI is InChI=1S/C17H19N7O3S/c1-18-28(26,27)14-9-15(23(2)10-14)17(25)19-12-5-3-4-11(8-12)16-20-21-22-24(16)13-6-7-13/h3-5,8-10,13,18H,6-7H2,1-2H3,(H,19,25). The van der Waals surface area contributed by atoms with Crippen LogP contribution >= 0.6 is 0 Å². The summed E-state index contributed by atoms with van der Waals surface area (Å²) in [6.07, 6.45) is 3.50. The lowest BCUT2D eigenvalue weighted by atomic mass is 10.2. The molecule has 2 N–H and O–H groups in total. The van der Waals surface area contributed by atoms with Crippen LogP contribution in [0.5, 0.6) is 0 Å². The van der Waals surface area contributed by atoms with Crippen LogP contribution in [0.15, 0.2) is 41.4 Å². The first kappa shape index (κ1) is 18.3. The minimum atomic E-state index is -3.63. The Balaban J connectivity index is 1.58. The molecule has 1 aliphatic rings. The van der Waals surface area contributed by atoms with Gasteiger partial charge in [-0.25, -0.2) is 17.8 Å². The second kappa shape index (κ2) is 6.84. The Labute approximate surface area is 161 Å². The topological polar surface area (TPSA) is 124 Å². The van der Waals surface area contributed by atoms with Crippen LogP contribution in [0.25, 0.3) is 11.4 Å². The average Bonchev–Trinajstić information content (AvgIpc) is 3.25. The Morgan fingerprint density at radius 2 is 2.04 bits per heavy atom. The maximum absolute atomic E-state index is 12.7. The fourth-order valence-corrected chi connectivity index (χ4v) is 3.70. The molecule has 2 heterocycles. The normalized spacial score (nSPS) is 14.2. The highest BCUT2D eigenvalue weighted by atomic mass is 32.2. The van der Waals surface area contributed by atoms with Gasteiger partial charge in [0.25, 0.3) is 5.91 Å². The Morgan fingerprint density at radius 1 is 1.25 bits per heavy atom. The summed E-state index contributed by atoms with van der Waals surface area (Å²) in [6.45, 7) is 0. The van der Waals surface area contributed by atoms with Gasteiger partial charge in [0, 0.05) is 24.5 Å². The molecule has 0 radical (unpaired) electrons. The molecule has 1 fully saturated rings. The molecule has 4 rings (SSSR count). The highest BCUT2D eigenvalue weighted by Gasteiger charge is 2.28. The Hall–Kier alpha value is -3.05. The van der Waals surface area contributed by atoms with E-state index in [0.29, 0.717) is 17.6 Å². The fraction of sp³-hybridized carbons (Fsp3) is 0.294. The molecule has 0 atom stereocenters. The largest absolute Gasteiger partial charge is 0.345 e. The number of aryl methyl sites for hydroxylation is 1. The highest BCUT2D eigenvalue weighted by molar-refractivity contribution is 7.89. The zero-order valence-electron chi connectivity index (χ0n) is 15.3. The summed E-state index contributed by atoms with van der Waals surface area (Å²) in [5, 5.41) is 14.7. The minimum absolute atomic E-state index is 0.0278. The lowest BCUT2D eigenvalue weighted by Crippen LogP contribution is -2.18. The molecular weight excluding hydrogens is 382 g/mol. The van der Waals surface area contributed by atoms with E-state index < -0.39 is 15.9 Å². The van der Waals surface area contributed by atoms with Gasteiger partial charge in [-0.05, 0) is 48.5 Å². The van der Waals surface area contributed by atoms with E-state index in [4.69, 9.17) is 0 Å². The van der Waals surface area contributed by atoms with Gasteiger partial charge in [0.1, 0.15) is 10.6 Å². The molecule has 0 saturated heterocycles. The molecule has 1 saturated carbocycles. The van der Waals surface area contributed by atoms with E-state index in [2.05, 4.69) is 25.6 Å². The fourth-order valence-electron chi connectivity index (χ4n) is 2.90. The average molecular weight is 401 g/mol. The van der Waals surface area contributed by atoms with E-state index >= 15 is 0 Å². The number of sulfonamides is 1. The van der Waals surface area contributed by atoms with Crippen molar-refractivity contribution in [2.75, 3.05) is 12.4 Å². The van der Waals surface area contributed by atoms with Gasteiger partial charge < -0.3 is 9.88 Å². The van der Waals surface area contributed by atoms with Gasteiger partial charge in [-0.3, -0.25) is 4.79 Å². The SMILES string of the molecule is CNS(=O)(=O)c1cc(C(=O)Nc2cccc(-c3nnnn3C3CC3)c2)n(C)c1. The van der Waals surface area contributed by atoms with E-state index in [1.807, 2.05) is 6.07 Å². The maximum atomic E-state index is 12.7. The van der Waals surface area contributed by atoms with Crippen molar-refractivity contribution < 1.29 is 13.2 Å². The first-order valence-corrected chi connectivity index (χ1v) is 10.2. The summed E-state index contributed by atoms with van der Waals surface area (Å²) in [5.41, 5.74) is 1.58. The van der Waals surface area contributed by atoms with Gasteiger partial charge in [0.05, 0.1) is 6.04 Å². The molecule has 10 nitrogen and oxygen atoms in total. The predicted octanol–water partition coefficient (Wildman–Crippen LogP) is 1.17. The van der Waals surface area contributed by atoms with E-state index in [9.17, 15) is 13.2 Å². The van der Waals surface area contributed by atoms with Crippen LogP contribution in [0.1, 0.15) is 29.4 Å². The summed E-state index contributed by atoms with van der Waals surface area (Å²) >= 11 is 0. The Morgan fingerprint density at radius 3 is 2.75 bits per heavy atom. The van der Waals surface area contributed by atoms with Gasteiger partial charge >= 0.3 is 0 Å². The third-order valence-corrected chi connectivity index (χ3v) is 5.94. The van der Waals surface area contributed by atoms with Crippen molar-refractivity contribution in [2.45, 2.75) is 23.8 Å². The minimum Gasteiger partial charge on any atom is -0.345 e.